The van der Waals surface area contributed by atoms with Crippen molar-refractivity contribution in [2.24, 2.45) is 4.99 Å². The van der Waals surface area contributed by atoms with E-state index in [2.05, 4.69) is 4.99 Å². The van der Waals surface area contributed by atoms with E-state index in [9.17, 15) is 4.79 Å². The molecule has 140 valence electrons. The number of rotatable bonds is 5. The molecule has 0 radical (unpaired) electrons. The van der Waals surface area contributed by atoms with Gasteiger partial charge in [-0.3, -0.25) is 0 Å². The summed E-state index contributed by atoms with van der Waals surface area (Å²) in [4.78, 5) is 16.6. The molecule has 0 fully saturated rings. The molecule has 6 nitrogen and oxygen atoms in total. The Balaban J connectivity index is 2.03. The Morgan fingerprint density at radius 2 is 1.67 bits per heavy atom. The highest BCUT2D eigenvalue weighted by atomic mass is 16.6. The molecule has 0 amide bonds. The fourth-order valence-electron chi connectivity index (χ4n) is 2.79. The Morgan fingerprint density at radius 3 is 2.30 bits per heavy atom. The van der Waals surface area contributed by atoms with E-state index >= 15 is 0 Å². The van der Waals surface area contributed by atoms with E-state index in [1.807, 2.05) is 32.0 Å². The van der Waals surface area contributed by atoms with Gasteiger partial charge in [-0.1, -0.05) is 6.07 Å². The van der Waals surface area contributed by atoms with Crippen LogP contribution >= 0.6 is 0 Å². The highest BCUT2D eigenvalue weighted by Crippen LogP contribution is 2.40. The number of benzene rings is 2. The molecule has 0 atom stereocenters. The molecule has 3 rings (SSSR count). The smallest absolute Gasteiger partial charge is 0.363 e. The largest absolute Gasteiger partial charge is 0.493 e. The standard InChI is InChI=1S/C21H21NO5/c1-12-6-7-15(10-13(12)2)20-22-16(21(23)27-20)11-14-8-9-17(24-3)19(26-5)18(14)25-4/h6-11H,1-5H3/b16-11-. The molecule has 2 aromatic carbocycles. The molecule has 0 saturated carbocycles. The second kappa shape index (κ2) is 7.53. The summed E-state index contributed by atoms with van der Waals surface area (Å²) in [7, 11) is 4.59. The van der Waals surface area contributed by atoms with Gasteiger partial charge < -0.3 is 18.9 Å². The lowest BCUT2D eigenvalue weighted by atomic mass is 10.1. The van der Waals surface area contributed by atoms with Gasteiger partial charge in [-0.25, -0.2) is 9.79 Å². The molecule has 27 heavy (non-hydrogen) atoms. The third kappa shape index (κ3) is 3.51. The minimum atomic E-state index is -0.514. The maximum atomic E-state index is 12.3. The third-order valence-corrected chi connectivity index (χ3v) is 4.40. The van der Waals surface area contributed by atoms with Crippen LogP contribution in [0.2, 0.25) is 0 Å². The Morgan fingerprint density at radius 1 is 0.926 bits per heavy atom. The average molecular weight is 367 g/mol. The average Bonchev–Trinajstić information content (AvgIpc) is 3.03. The van der Waals surface area contributed by atoms with Gasteiger partial charge in [0.05, 0.1) is 21.3 Å². The number of nitrogens with zero attached hydrogens (tertiary/aromatic N) is 1. The number of hydrogen-bond acceptors (Lipinski definition) is 6. The lowest BCUT2D eigenvalue weighted by molar-refractivity contribution is -0.129. The molecule has 0 saturated heterocycles. The van der Waals surface area contributed by atoms with Gasteiger partial charge in [0.2, 0.25) is 11.6 Å². The quantitative estimate of drug-likeness (QED) is 0.596. The Hall–Kier alpha value is -3.28. The molecule has 2 aromatic rings. The zero-order chi connectivity index (χ0) is 19.6. The van der Waals surface area contributed by atoms with Gasteiger partial charge in [-0.05, 0) is 55.3 Å². The van der Waals surface area contributed by atoms with Crippen LogP contribution in [-0.2, 0) is 9.53 Å². The summed E-state index contributed by atoms with van der Waals surface area (Å²) in [6.07, 6.45) is 1.61. The summed E-state index contributed by atoms with van der Waals surface area (Å²) in [5.74, 6) is 1.20. The summed E-state index contributed by atoms with van der Waals surface area (Å²) >= 11 is 0. The molecule has 0 spiro atoms. The number of ether oxygens (including phenoxy) is 4. The Kier molecular flexibility index (Phi) is 5.16. The molecule has 0 bridgehead atoms. The molecular formula is C21H21NO5. The lowest BCUT2D eigenvalue weighted by Crippen LogP contribution is -2.05. The van der Waals surface area contributed by atoms with Gasteiger partial charge >= 0.3 is 5.97 Å². The van der Waals surface area contributed by atoms with Crippen molar-refractivity contribution in [1.82, 2.24) is 0 Å². The molecule has 1 heterocycles. The van der Waals surface area contributed by atoms with Crippen LogP contribution < -0.4 is 14.2 Å². The van der Waals surface area contributed by atoms with Crippen molar-refractivity contribution in [2.75, 3.05) is 21.3 Å². The van der Waals surface area contributed by atoms with Crippen molar-refractivity contribution in [1.29, 1.82) is 0 Å². The van der Waals surface area contributed by atoms with E-state index in [-0.39, 0.29) is 11.6 Å². The van der Waals surface area contributed by atoms with E-state index in [4.69, 9.17) is 18.9 Å². The highest BCUT2D eigenvalue weighted by molar-refractivity contribution is 6.13. The van der Waals surface area contributed by atoms with Gasteiger partial charge in [0.25, 0.3) is 0 Å². The van der Waals surface area contributed by atoms with E-state index in [0.29, 0.717) is 22.8 Å². The first kappa shape index (κ1) is 18.5. The van der Waals surface area contributed by atoms with Crippen LogP contribution in [0.4, 0.5) is 0 Å². The van der Waals surface area contributed by atoms with Crippen molar-refractivity contribution in [3.05, 3.63) is 58.3 Å². The number of hydrogen-bond donors (Lipinski definition) is 0. The lowest BCUT2D eigenvalue weighted by Gasteiger charge is -2.14. The zero-order valence-electron chi connectivity index (χ0n) is 16.0. The number of esters is 1. The fraction of sp³-hybridized carbons (Fsp3) is 0.238. The maximum absolute atomic E-state index is 12.3. The van der Waals surface area contributed by atoms with Crippen molar-refractivity contribution in [2.45, 2.75) is 13.8 Å². The van der Waals surface area contributed by atoms with E-state index in [0.717, 1.165) is 16.7 Å². The molecule has 1 aliphatic heterocycles. The van der Waals surface area contributed by atoms with Crippen LogP contribution in [0, 0.1) is 13.8 Å². The van der Waals surface area contributed by atoms with Crippen LogP contribution in [0.5, 0.6) is 17.2 Å². The molecule has 0 unspecified atom stereocenters. The van der Waals surface area contributed by atoms with Crippen molar-refractivity contribution in [3.8, 4) is 17.2 Å². The van der Waals surface area contributed by atoms with Gasteiger partial charge in [-0.15, -0.1) is 0 Å². The normalized spacial score (nSPS) is 14.8. The molecule has 0 aliphatic carbocycles. The summed E-state index contributed by atoms with van der Waals surface area (Å²) in [5, 5.41) is 0. The van der Waals surface area contributed by atoms with Gasteiger partial charge in [-0.2, -0.15) is 0 Å². The van der Waals surface area contributed by atoms with Gasteiger partial charge in [0, 0.05) is 11.1 Å². The topological polar surface area (TPSA) is 66.4 Å². The second-order valence-corrected chi connectivity index (χ2v) is 6.06. The van der Waals surface area contributed by atoms with Crippen molar-refractivity contribution >= 4 is 17.9 Å². The van der Waals surface area contributed by atoms with Crippen molar-refractivity contribution < 1.29 is 23.7 Å². The van der Waals surface area contributed by atoms with Crippen LogP contribution in [0.25, 0.3) is 6.08 Å². The summed E-state index contributed by atoms with van der Waals surface area (Å²) < 4.78 is 21.4. The predicted molar refractivity (Wildman–Crippen MR) is 103 cm³/mol. The molecule has 0 aromatic heterocycles. The highest BCUT2D eigenvalue weighted by Gasteiger charge is 2.25. The Labute approximate surface area is 158 Å². The van der Waals surface area contributed by atoms with E-state index in [1.54, 1.807) is 25.3 Å². The van der Waals surface area contributed by atoms with Crippen molar-refractivity contribution in [3.63, 3.8) is 0 Å². The molecule has 6 heteroatoms. The monoisotopic (exact) mass is 367 g/mol. The number of carbonyl (C=O) groups excluding carboxylic acids is 1. The number of cyclic esters (lactones) is 1. The SMILES string of the molecule is COc1ccc(/C=C2\N=C(c3ccc(C)c(C)c3)OC2=O)c(OC)c1OC. The number of carbonyl (C=O) groups is 1. The second-order valence-electron chi connectivity index (χ2n) is 6.06. The number of aryl methyl sites for hydroxylation is 2. The summed E-state index contributed by atoms with van der Waals surface area (Å²) in [6, 6.07) is 9.31. The van der Waals surface area contributed by atoms with Gasteiger partial charge in [0.15, 0.2) is 17.2 Å². The summed E-state index contributed by atoms with van der Waals surface area (Å²) in [5.41, 5.74) is 3.84. The minimum absolute atomic E-state index is 0.189. The number of methoxy groups -OCH3 is 3. The molecule has 0 N–H and O–H groups in total. The Bertz CT molecular complexity index is 959. The van der Waals surface area contributed by atoms with Crippen LogP contribution in [-0.4, -0.2) is 33.2 Å². The van der Waals surface area contributed by atoms with Gasteiger partial charge in [0.1, 0.15) is 0 Å². The van der Waals surface area contributed by atoms with Crippen LogP contribution in [0.1, 0.15) is 22.3 Å². The van der Waals surface area contributed by atoms with E-state index < -0.39 is 5.97 Å². The molecule has 1 aliphatic rings. The first-order valence-corrected chi connectivity index (χ1v) is 8.37. The number of aliphatic imine (C=N–C) groups is 1. The summed E-state index contributed by atoms with van der Waals surface area (Å²) in [6.45, 7) is 4.03. The van der Waals surface area contributed by atoms with Crippen LogP contribution in [0.3, 0.4) is 0 Å². The minimum Gasteiger partial charge on any atom is -0.493 e. The zero-order valence-corrected chi connectivity index (χ0v) is 16.0. The first-order valence-electron chi connectivity index (χ1n) is 8.37. The maximum Gasteiger partial charge on any atom is 0.363 e. The molecular weight excluding hydrogens is 346 g/mol. The fourth-order valence-corrected chi connectivity index (χ4v) is 2.79. The predicted octanol–water partition coefficient (Wildman–Crippen LogP) is 3.67. The third-order valence-electron chi connectivity index (χ3n) is 4.40. The first-order chi connectivity index (χ1) is 13.0. The van der Waals surface area contributed by atoms with Crippen LogP contribution in [0.15, 0.2) is 41.0 Å². The van der Waals surface area contributed by atoms with E-state index in [1.165, 1.54) is 14.2 Å².